The maximum Gasteiger partial charge on any atom is 0.122 e. The Labute approximate surface area is 120 Å². The van der Waals surface area contributed by atoms with Gasteiger partial charge in [0.05, 0.1) is 0 Å². The van der Waals surface area contributed by atoms with Crippen LogP contribution in [0.1, 0.15) is 61.9 Å². The molecule has 2 rings (SSSR count). The largest absolute Gasteiger partial charge is 0.371 e. The van der Waals surface area contributed by atoms with Crippen molar-refractivity contribution in [2.24, 2.45) is 5.92 Å². The lowest BCUT2D eigenvalue weighted by Gasteiger charge is -2.28. The summed E-state index contributed by atoms with van der Waals surface area (Å²) in [5.41, 5.74) is 0. The summed E-state index contributed by atoms with van der Waals surface area (Å²) in [6, 6.07) is 0. The van der Waals surface area contributed by atoms with E-state index in [9.17, 15) is 0 Å². The van der Waals surface area contributed by atoms with Gasteiger partial charge >= 0.3 is 0 Å². The molecule has 0 amide bonds. The van der Waals surface area contributed by atoms with Gasteiger partial charge in [0.25, 0.3) is 0 Å². The lowest BCUT2D eigenvalue weighted by molar-refractivity contribution is 0.00551. The van der Waals surface area contributed by atoms with E-state index in [1.807, 2.05) is 17.5 Å². The number of hydrogen-bond donors (Lipinski definition) is 1. The number of thiazole rings is 1. The minimum Gasteiger partial charge on any atom is -0.371 e. The van der Waals surface area contributed by atoms with Crippen LogP contribution < -0.4 is 5.32 Å². The molecule has 1 aliphatic rings. The second-order valence-corrected chi connectivity index (χ2v) is 6.37. The van der Waals surface area contributed by atoms with Crippen LogP contribution in [0.25, 0.3) is 0 Å². The Morgan fingerprint density at radius 1 is 1.37 bits per heavy atom. The zero-order chi connectivity index (χ0) is 13.5. The molecular formula is C15H26N2OS. The fourth-order valence-corrected chi connectivity index (χ4v) is 3.84. The van der Waals surface area contributed by atoms with Crippen LogP contribution in [0.2, 0.25) is 0 Å². The van der Waals surface area contributed by atoms with E-state index in [2.05, 4.69) is 24.1 Å². The van der Waals surface area contributed by atoms with Gasteiger partial charge in [0.1, 0.15) is 11.1 Å². The van der Waals surface area contributed by atoms with Crippen molar-refractivity contribution in [3.63, 3.8) is 0 Å². The molecule has 0 aliphatic heterocycles. The van der Waals surface area contributed by atoms with E-state index in [4.69, 9.17) is 4.74 Å². The normalized spacial score (nSPS) is 18.6. The van der Waals surface area contributed by atoms with Crippen LogP contribution in [0.4, 0.5) is 0 Å². The van der Waals surface area contributed by atoms with Crippen LogP contribution in [0, 0.1) is 5.92 Å². The van der Waals surface area contributed by atoms with E-state index in [-0.39, 0.29) is 6.10 Å². The van der Waals surface area contributed by atoms with Crippen molar-refractivity contribution in [2.45, 2.75) is 58.6 Å². The van der Waals surface area contributed by atoms with E-state index in [1.165, 1.54) is 42.0 Å². The molecule has 3 nitrogen and oxygen atoms in total. The highest BCUT2D eigenvalue weighted by Crippen LogP contribution is 2.38. The molecule has 108 valence electrons. The number of nitrogens with one attached hydrogen (secondary N) is 1. The highest BCUT2D eigenvalue weighted by atomic mass is 32.1. The fraction of sp³-hybridized carbons (Fsp3) is 0.800. The molecule has 1 aliphatic carbocycles. The summed E-state index contributed by atoms with van der Waals surface area (Å²) in [5, 5.41) is 4.54. The van der Waals surface area contributed by atoms with Crippen molar-refractivity contribution in [3.8, 4) is 0 Å². The number of hydrogen-bond acceptors (Lipinski definition) is 4. The average molecular weight is 282 g/mol. The van der Waals surface area contributed by atoms with Crippen molar-refractivity contribution in [1.82, 2.24) is 10.3 Å². The summed E-state index contributed by atoms with van der Waals surface area (Å²) in [7, 11) is 0. The van der Waals surface area contributed by atoms with E-state index in [0.29, 0.717) is 5.92 Å². The average Bonchev–Trinajstić information content (AvgIpc) is 2.92. The van der Waals surface area contributed by atoms with Crippen molar-refractivity contribution >= 4 is 11.3 Å². The Hall–Kier alpha value is -0.450. The molecule has 0 spiro atoms. The SMILES string of the molecule is CCNCc1cnc(C(OCC)C2CCCCC2)s1. The first-order valence-corrected chi connectivity index (χ1v) is 8.43. The number of rotatable bonds is 7. The number of aromatic nitrogens is 1. The van der Waals surface area contributed by atoms with Crippen molar-refractivity contribution in [3.05, 3.63) is 16.1 Å². The predicted octanol–water partition coefficient (Wildman–Crippen LogP) is 3.91. The van der Waals surface area contributed by atoms with Crippen LogP contribution in [0.15, 0.2) is 6.20 Å². The van der Waals surface area contributed by atoms with Crippen molar-refractivity contribution in [2.75, 3.05) is 13.2 Å². The minimum absolute atomic E-state index is 0.227. The van der Waals surface area contributed by atoms with E-state index >= 15 is 0 Å². The molecule has 19 heavy (non-hydrogen) atoms. The molecular weight excluding hydrogens is 256 g/mol. The van der Waals surface area contributed by atoms with Gasteiger partial charge < -0.3 is 10.1 Å². The van der Waals surface area contributed by atoms with Gasteiger partial charge in [-0.05, 0) is 32.2 Å². The molecule has 1 fully saturated rings. The van der Waals surface area contributed by atoms with Gasteiger partial charge in [-0.2, -0.15) is 0 Å². The first kappa shape index (κ1) is 14.9. The second-order valence-electron chi connectivity index (χ2n) is 5.22. The standard InChI is InChI=1S/C15H26N2OS/c1-3-16-10-13-11-17-15(19-13)14(18-4-2)12-8-6-5-7-9-12/h11-12,14,16H,3-10H2,1-2H3. The van der Waals surface area contributed by atoms with E-state index in [1.54, 1.807) is 0 Å². The maximum atomic E-state index is 6.01. The highest BCUT2D eigenvalue weighted by molar-refractivity contribution is 7.11. The third-order valence-corrected chi connectivity index (χ3v) is 4.85. The molecule has 1 saturated carbocycles. The van der Waals surface area contributed by atoms with Crippen LogP contribution in [0.3, 0.4) is 0 Å². The van der Waals surface area contributed by atoms with Gasteiger partial charge in [-0.3, -0.25) is 0 Å². The van der Waals surface area contributed by atoms with Crippen LogP contribution in [-0.4, -0.2) is 18.1 Å². The maximum absolute atomic E-state index is 6.01. The van der Waals surface area contributed by atoms with Gasteiger partial charge in [-0.25, -0.2) is 4.98 Å². The van der Waals surface area contributed by atoms with Gasteiger partial charge in [0, 0.05) is 24.2 Å². The highest BCUT2D eigenvalue weighted by Gasteiger charge is 2.27. The lowest BCUT2D eigenvalue weighted by atomic mass is 9.85. The first-order valence-electron chi connectivity index (χ1n) is 7.62. The monoisotopic (exact) mass is 282 g/mol. The zero-order valence-corrected chi connectivity index (χ0v) is 13.0. The molecule has 1 atom stereocenters. The number of nitrogens with zero attached hydrogens (tertiary/aromatic N) is 1. The summed E-state index contributed by atoms with van der Waals surface area (Å²) in [6.07, 6.45) is 8.93. The first-order chi connectivity index (χ1) is 9.35. The smallest absolute Gasteiger partial charge is 0.122 e. The van der Waals surface area contributed by atoms with Gasteiger partial charge in [0.15, 0.2) is 0 Å². The molecule has 0 bridgehead atoms. The quantitative estimate of drug-likeness (QED) is 0.823. The molecule has 1 aromatic rings. The summed E-state index contributed by atoms with van der Waals surface area (Å²) < 4.78 is 6.01. The fourth-order valence-electron chi connectivity index (χ4n) is 2.81. The molecule has 1 aromatic heterocycles. The zero-order valence-electron chi connectivity index (χ0n) is 12.2. The van der Waals surface area contributed by atoms with Gasteiger partial charge in [0.2, 0.25) is 0 Å². The number of ether oxygens (including phenoxy) is 1. The Bertz CT molecular complexity index is 361. The molecule has 0 saturated heterocycles. The van der Waals surface area contributed by atoms with E-state index in [0.717, 1.165) is 19.7 Å². The molecule has 0 aromatic carbocycles. The predicted molar refractivity (Wildman–Crippen MR) is 80.4 cm³/mol. The Morgan fingerprint density at radius 2 is 2.16 bits per heavy atom. The lowest BCUT2D eigenvalue weighted by Crippen LogP contribution is -2.19. The van der Waals surface area contributed by atoms with Gasteiger partial charge in [-0.1, -0.05) is 26.2 Å². The van der Waals surface area contributed by atoms with Gasteiger partial charge in [-0.15, -0.1) is 11.3 Å². The van der Waals surface area contributed by atoms with Crippen LogP contribution >= 0.6 is 11.3 Å². The second kappa shape index (κ2) is 7.98. The molecule has 4 heteroatoms. The van der Waals surface area contributed by atoms with Crippen LogP contribution in [-0.2, 0) is 11.3 Å². The summed E-state index contributed by atoms with van der Waals surface area (Å²) >= 11 is 1.82. The third-order valence-electron chi connectivity index (χ3n) is 3.79. The minimum atomic E-state index is 0.227. The summed E-state index contributed by atoms with van der Waals surface area (Å²) in [6.45, 7) is 6.93. The van der Waals surface area contributed by atoms with Crippen molar-refractivity contribution < 1.29 is 4.74 Å². The molecule has 1 unspecified atom stereocenters. The summed E-state index contributed by atoms with van der Waals surface area (Å²) in [5.74, 6) is 0.673. The third kappa shape index (κ3) is 4.26. The molecule has 1 heterocycles. The molecule has 0 radical (unpaired) electrons. The Morgan fingerprint density at radius 3 is 2.84 bits per heavy atom. The topological polar surface area (TPSA) is 34.2 Å². The Kier molecular flexibility index (Phi) is 6.28. The van der Waals surface area contributed by atoms with Crippen molar-refractivity contribution in [1.29, 1.82) is 0 Å². The van der Waals surface area contributed by atoms with E-state index < -0.39 is 0 Å². The molecule has 1 N–H and O–H groups in total. The van der Waals surface area contributed by atoms with Crippen LogP contribution in [0.5, 0.6) is 0 Å². The Balaban J connectivity index is 2.02. The summed E-state index contributed by atoms with van der Waals surface area (Å²) in [4.78, 5) is 5.93.